The molecule has 0 unspecified atom stereocenters. The van der Waals surface area contributed by atoms with Crippen LogP contribution in [0.1, 0.15) is 25.8 Å². The summed E-state index contributed by atoms with van der Waals surface area (Å²) < 4.78 is 4.98. The number of esters is 1. The number of anilines is 1. The van der Waals surface area contributed by atoms with E-state index in [2.05, 4.69) is 10.6 Å². The minimum atomic E-state index is -0.311. The SMILES string of the molecule is CC(C)OC(=O)CCNC(=O)NCc1ccc(N(C)C)cc1. The number of rotatable bonds is 7. The summed E-state index contributed by atoms with van der Waals surface area (Å²) in [6.07, 6.45) is 0.0369. The number of hydrogen-bond acceptors (Lipinski definition) is 4. The van der Waals surface area contributed by atoms with E-state index in [0.717, 1.165) is 11.3 Å². The predicted molar refractivity (Wildman–Crippen MR) is 86.9 cm³/mol. The molecule has 0 heterocycles. The van der Waals surface area contributed by atoms with Gasteiger partial charge in [0.1, 0.15) is 0 Å². The summed E-state index contributed by atoms with van der Waals surface area (Å²) in [6.45, 7) is 4.28. The lowest BCUT2D eigenvalue weighted by Gasteiger charge is -2.13. The lowest BCUT2D eigenvalue weighted by molar-refractivity contribution is -0.147. The van der Waals surface area contributed by atoms with Crippen LogP contribution in [0.2, 0.25) is 0 Å². The van der Waals surface area contributed by atoms with Gasteiger partial charge in [0, 0.05) is 32.9 Å². The largest absolute Gasteiger partial charge is 0.463 e. The Bertz CT molecular complexity index is 484. The van der Waals surface area contributed by atoms with Crippen LogP contribution in [-0.2, 0) is 16.1 Å². The van der Waals surface area contributed by atoms with Gasteiger partial charge in [0.25, 0.3) is 0 Å². The molecule has 0 aliphatic rings. The average Bonchev–Trinajstić information content (AvgIpc) is 2.44. The van der Waals surface area contributed by atoms with Gasteiger partial charge < -0.3 is 20.3 Å². The summed E-state index contributed by atoms with van der Waals surface area (Å²) >= 11 is 0. The maximum Gasteiger partial charge on any atom is 0.315 e. The first-order valence-corrected chi connectivity index (χ1v) is 7.36. The second kappa shape index (κ2) is 8.92. The molecule has 1 aromatic rings. The van der Waals surface area contributed by atoms with Crippen LogP contribution in [-0.4, -0.2) is 38.7 Å². The summed E-state index contributed by atoms with van der Waals surface area (Å²) in [4.78, 5) is 24.9. The van der Waals surface area contributed by atoms with E-state index in [1.54, 1.807) is 13.8 Å². The highest BCUT2D eigenvalue weighted by Crippen LogP contribution is 2.11. The Balaban J connectivity index is 2.24. The maximum absolute atomic E-state index is 11.6. The molecule has 122 valence electrons. The topological polar surface area (TPSA) is 70.7 Å². The Morgan fingerprint density at radius 1 is 1.14 bits per heavy atom. The number of urea groups is 1. The van der Waals surface area contributed by atoms with Gasteiger partial charge >= 0.3 is 12.0 Å². The van der Waals surface area contributed by atoms with E-state index < -0.39 is 0 Å². The normalized spacial score (nSPS) is 10.2. The number of carbonyl (C=O) groups is 2. The molecule has 0 spiro atoms. The predicted octanol–water partition coefficient (Wildman–Crippen LogP) is 1.89. The zero-order valence-electron chi connectivity index (χ0n) is 13.7. The van der Waals surface area contributed by atoms with Gasteiger partial charge in [-0.3, -0.25) is 4.79 Å². The second-order valence-electron chi connectivity index (χ2n) is 5.46. The van der Waals surface area contributed by atoms with Crippen LogP contribution in [0, 0.1) is 0 Å². The molecule has 0 radical (unpaired) electrons. The molecule has 2 N–H and O–H groups in total. The van der Waals surface area contributed by atoms with Crippen molar-refractivity contribution in [3.8, 4) is 0 Å². The van der Waals surface area contributed by atoms with Crippen LogP contribution in [0.4, 0.5) is 10.5 Å². The first kappa shape index (κ1) is 17.8. The van der Waals surface area contributed by atoms with Crippen molar-refractivity contribution >= 4 is 17.7 Å². The first-order valence-electron chi connectivity index (χ1n) is 7.36. The first-order chi connectivity index (χ1) is 10.4. The van der Waals surface area contributed by atoms with E-state index >= 15 is 0 Å². The lowest BCUT2D eigenvalue weighted by Crippen LogP contribution is -2.36. The van der Waals surface area contributed by atoms with E-state index in [1.807, 2.05) is 43.3 Å². The molecule has 2 amide bonds. The average molecular weight is 307 g/mol. The highest BCUT2D eigenvalue weighted by Gasteiger charge is 2.06. The van der Waals surface area contributed by atoms with Crippen molar-refractivity contribution in [1.82, 2.24) is 10.6 Å². The zero-order valence-corrected chi connectivity index (χ0v) is 13.7. The van der Waals surface area contributed by atoms with Crippen LogP contribution in [0.3, 0.4) is 0 Å². The van der Waals surface area contributed by atoms with Crippen molar-refractivity contribution in [2.45, 2.75) is 32.9 Å². The van der Waals surface area contributed by atoms with Gasteiger partial charge in [-0.25, -0.2) is 4.79 Å². The Kier molecular flexibility index (Phi) is 7.22. The fraction of sp³-hybridized carbons (Fsp3) is 0.500. The Hall–Kier alpha value is -2.24. The molecule has 0 atom stereocenters. The quantitative estimate of drug-likeness (QED) is 0.755. The van der Waals surface area contributed by atoms with Gasteiger partial charge in [-0.2, -0.15) is 0 Å². The van der Waals surface area contributed by atoms with E-state index in [4.69, 9.17) is 4.74 Å². The molecular formula is C16H25N3O3. The van der Waals surface area contributed by atoms with Crippen LogP contribution in [0.15, 0.2) is 24.3 Å². The van der Waals surface area contributed by atoms with Crippen LogP contribution < -0.4 is 15.5 Å². The molecule has 0 saturated carbocycles. The van der Waals surface area contributed by atoms with Crippen molar-refractivity contribution in [2.24, 2.45) is 0 Å². The number of nitrogens with one attached hydrogen (secondary N) is 2. The highest BCUT2D eigenvalue weighted by molar-refractivity contribution is 5.75. The van der Waals surface area contributed by atoms with Crippen molar-refractivity contribution in [2.75, 3.05) is 25.5 Å². The van der Waals surface area contributed by atoms with Gasteiger partial charge in [0.15, 0.2) is 0 Å². The summed E-state index contributed by atoms with van der Waals surface area (Å²) in [5.41, 5.74) is 2.12. The summed E-state index contributed by atoms with van der Waals surface area (Å²) in [5, 5.41) is 5.37. The molecule has 0 fully saturated rings. The van der Waals surface area contributed by atoms with Gasteiger partial charge in [0.2, 0.25) is 0 Å². The Labute approximate surface area is 131 Å². The molecule has 0 aromatic heterocycles. The molecule has 1 rings (SSSR count). The van der Waals surface area contributed by atoms with Gasteiger partial charge in [-0.05, 0) is 31.5 Å². The number of benzene rings is 1. The number of carbonyl (C=O) groups excluding carboxylic acids is 2. The van der Waals surface area contributed by atoms with E-state index in [0.29, 0.717) is 6.54 Å². The highest BCUT2D eigenvalue weighted by atomic mass is 16.5. The number of ether oxygens (including phenoxy) is 1. The molecule has 6 heteroatoms. The third kappa shape index (κ3) is 6.97. The van der Waals surface area contributed by atoms with Crippen molar-refractivity contribution < 1.29 is 14.3 Å². The van der Waals surface area contributed by atoms with Gasteiger partial charge in [-0.15, -0.1) is 0 Å². The lowest BCUT2D eigenvalue weighted by atomic mass is 10.2. The minimum Gasteiger partial charge on any atom is -0.463 e. The number of nitrogens with zero attached hydrogens (tertiary/aromatic N) is 1. The Morgan fingerprint density at radius 2 is 1.77 bits per heavy atom. The fourth-order valence-electron chi connectivity index (χ4n) is 1.76. The molecule has 6 nitrogen and oxygen atoms in total. The minimum absolute atomic E-state index is 0.133. The summed E-state index contributed by atoms with van der Waals surface area (Å²) in [5.74, 6) is -0.311. The molecule has 0 aliphatic heterocycles. The second-order valence-corrected chi connectivity index (χ2v) is 5.46. The Morgan fingerprint density at radius 3 is 2.32 bits per heavy atom. The van der Waals surface area contributed by atoms with Crippen molar-refractivity contribution in [3.05, 3.63) is 29.8 Å². The van der Waals surface area contributed by atoms with Crippen LogP contribution >= 0.6 is 0 Å². The van der Waals surface area contributed by atoms with E-state index in [-0.39, 0.29) is 31.1 Å². The third-order valence-electron chi connectivity index (χ3n) is 2.89. The number of hydrogen-bond donors (Lipinski definition) is 2. The fourth-order valence-corrected chi connectivity index (χ4v) is 1.76. The molecule has 0 bridgehead atoms. The number of amides is 2. The standard InChI is InChI=1S/C16H25N3O3/c1-12(2)22-15(20)9-10-17-16(21)18-11-13-5-7-14(8-6-13)19(3)4/h5-8,12H,9-11H2,1-4H3,(H2,17,18,21). The molecule has 0 aliphatic carbocycles. The molecular weight excluding hydrogens is 282 g/mol. The zero-order chi connectivity index (χ0) is 16.5. The van der Waals surface area contributed by atoms with Crippen molar-refractivity contribution in [3.63, 3.8) is 0 Å². The molecule has 0 saturated heterocycles. The van der Waals surface area contributed by atoms with Crippen molar-refractivity contribution in [1.29, 1.82) is 0 Å². The smallest absolute Gasteiger partial charge is 0.315 e. The van der Waals surface area contributed by atoms with Gasteiger partial charge in [-0.1, -0.05) is 12.1 Å². The maximum atomic E-state index is 11.6. The summed E-state index contributed by atoms with van der Waals surface area (Å²) in [6, 6.07) is 7.63. The summed E-state index contributed by atoms with van der Waals surface area (Å²) in [7, 11) is 3.95. The van der Waals surface area contributed by atoms with Crippen LogP contribution in [0.25, 0.3) is 0 Å². The molecule has 1 aromatic carbocycles. The van der Waals surface area contributed by atoms with Crippen LogP contribution in [0.5, 0.6) is 0 Å². The van der Waals surface area contributed by atoms with Gasteiger partial charge in [0.05, 0.1) is 12.5 Å². The monoisotopic (exact) mass is 307 g/mol. The molecule has 22 heavy (non-hydrogen) atoms. The van der Waals surface area contributed by atoms with E-state index in [1.165, 1.54) is 0 Å². The van der Waals surface area contributed by atoms with E-state index in [9.17, 15) is 9.59 Å². The third-order valence-corrected chi connectivity index (χ3v) is 2.89.